The quantitative estimate of drug-likeness (QED) is 0.708. The Morgan fingerprint density at radius 3 is 2.71 bits per heavy atom. The summed E-state index contributed by atoms with van der Waals surface area (Å²) in [5, 5.41) is 8.57. The number of benzene rings is 1. The summed E-state index contributed by atoms with van der Waals surface area (Å²) in [6.07, 6.45) is 0. The number of carboxylic acids is 1. The summed E-state index contributed by atoms with van der Waals surface area (Å²) in [5.74, 6) is -0.356. The van der Waals surface area contributed by atoms with Crippen molar-refractivity contribution in [3.63, 3.8) is 0 Å². The molecular weight excluding hydrogens is 387 g/mol. The van der Waals surface area contributed by atoms with Crippen molar-refractivity contribution in [1.29, 1.82) is 0 Å². The monoisotopic (exact) mass is 399 g/mol. The molecule has 0 amide bonds. The normalized spacial score (nSPS) is 11.8. The van der Waals surface area contributed by atoms with E-state index in [4.69, 9.17) is 10.8 Å². The Morgan fingerprint density at radius 2 is 2.14 bits per heavy atom. The van der Waals surface area contributed by atoms with Gasteiger partial charge >= 0.3 is 98.1 Å². The number of carboxylic acid groups (broad SMARTS) is 1. The van der Waals surface area contributed by atoms with Crippen molar-refractivity contribution in [2.24, 2.45) is 5.73 Å². The van der Waals surface area contributed by atoms with Crippen LogP contribution in [-0.4, -0.2) is 22.9 Å². The maximum absolute atomic E-state index is 10.4. The van der Waals surface area contributed by atoms with Crippen LogP contribution in [0.5, 0.6) is 0 Å². The van der Waals surface area contributed by atoms with Gasteiger partial charge in [-0.1, -0.05) is 0 Å². The Labute approximate surface area is 97.6 Å². The predicted octanol–water partition coefficient (Wildman–Crippen LogP) is 0.454. The molecule has 0 heterocycles. The second kappa shape index (κ2) is 6.42. The van der Waals surface area contributed by atoms with Crippen molar-refractivity contribution >= 4 is 17.3 Å². The van der Waals surface area contributed by atoms with Gasteiger partial charge in [-0.05, 0) is 0 Å². The summed E-state index contributed by atoms with van der Waals surface area (Å²) in [7, 11) is 1.76. The first kappa shape index (κ1) is 12.0. The molecule has 5 heteroatoms. The van der Waals surface area contributed by atoms with Crippen molar-refractivity contribution in [2.45, 2.75) is 6.04 Å². The molecule has 0 saturated heterocycles. The second-order valence-corrected chi connectivity index (χ2v) is 15.3. The SMILES string of the molecule is NC(C[S][Hg][c]1ccccc1)C(=O)O. The molecule has 1 unspecified atom stereocenters. The molecule has 0 fully saturated rings. The summed E-state index contributed by atoms with van der Waals surface area (Å²) in [6.45, 7) is 0. The zero-order valence-corrected chi connectivity index (χ0v) is 14.0. The van der Waals surface area contributed by atoms with Gasteiger partial charge in [-0.15, -0.1) is 0 Å². The standard InChI is InChI=1S/C6H5.C3H7NO2S.Hg/c1-2-4-6-5-3-1;4-2(1-7)3(5)6;/h1-5H;2,7H,1,4H2,(H,5,6);/q;;+1/p-1. The van der Waals surface area contributed by atoms with E-state index in [1.807, 2.05) is 18.2 Å². The first-order valence-electron chi connectivity index (χ1n) is 4.30. The molecule has 0 saturated carbocycles. The molecule has 0 radical (unpaired) electrons. The van der Waals surface area contributed by atoms with Crippen molar-refractivity contribution in [2.75, 3.05) is 5.75 Å². The zero-order chi connectivity index (χ0) is 10.4. The number of hydrogen-bond donors (Lipinski definition) is 2. The predicted molar refractivity (Wildman–Crippen MR) is 54.1 cm³/mol. The van der Waals surface area contributed by atoms with Crippen molar-refractivity contribution in [3.8, 4) is 0 Å². The van der Waals surface area contributed by atoms with Crippen molar-refractivity contribution in [1.82, 2.24) is 0 Å². The summed E-state index contributed by atoms with van der Waals surface area (Å²) in [4.78, 5) is 10.4. The van der Waals surface area contributed by atoms with Crippen molar-refractivity contribution < 1.29 is 33.0 Å². The summed E-state index contributed by atoms with van der Waals surface area (Å²) >= 11 is -1.14. The van der Waals surface area contributed by atoms with Gasteiger partial charge in [0.25, 0.3) is 0 Å². The van der Waals surface area contributed by atoms with E-state index in [-0.39, 0.29) is 0 Å². The Kier molecular flexibility index (Phi) is 5.51. The molecule has 3 N–H and O–H groups in total. The molecule has 0 bridgehead atoms. The van der Waals surface area contributed by atoms with E-state index in [0.717, 1.165) is 0 Å². The van der Waals surface area contributed by atoms with Crippen LogP contribution in [0.15, 0.2) is 30.3 Å². The maximum atomic E-state index is 10.4. The van der Waals surface area contributed by atoms with Gasteiger partial charge in [-0.25, -0.2) is 0 Å². The number of hydrogen-bond acceptors (Lipinski definition) is 3. The minimum atomic E-state index is -1.14. The Hall–Kier alpha value is -0.0649. The molecule has 0 aromatic heterocycles. The Morgan fingerprint density at radius 1 is 1.50 bits per heavy atom. The molecule has 1 aromatic rings. The third-order valence-electron chi connectivity index (χ3n) is 1.73. The number of nitrogens with two attached hydrogens (primary N) is 1. The van der Waals surface area contributed by atoms with Gasteiger partial charge in [0, 0.05) is 0 Å². The van der Waals surface area contributed by atoms with E-state index >= 15 is 0 Å². The topological polar surface area (TPSA) is 63.3 Å². The molecule has 14 heavy (non-hydrogen) atoms. The van der Waals surface area contributed by atoms with E-state index < -0.39 is 35.1 Å². The molecular formula is C9H11HgNO2S. The molecule has 1 atom stereocenters. The van der Waals surface area contributed by atoms with Crippen LogP contribution in [0.2, 0.25) is 0 Å². The fraction of sp³-hybridized carbons (Fsp3) is 0.222. The number of carbonyl (C=O) groups is 1. The van der Waals surface area contributed by atoms with Crippen molar-refractivity contribution in [3.05, 3.63) is 30.3 Å². The van der Waals surface area contributed by atoms with Crippen LogP contribution in [0.3, 0.4) is 0 Å². The van der Waals surface area contributed by atoms with E-state index in [0.29, 0.717) is 5.75 Å². The fourth-order valence-corrected chi connectivity index (χ4v) is 12.3. The van der Waals surface area contributed by atoms with Gasteiger partial charge in [0.15, 0.2) is 0 Å². The minimum absolute atomic E-state index is 0.547. The van der Waals surface area contributed by atoms with E-state index in [9.17, 15) is 4.79 Å². The number of rotatable bonds is 5. The molecule has 0 aliphatic carbocycles. The van der Waals surface area contributed by atoms with Gasteiger partial charge in [0.05, 0.1) is 0 Å². The van der Waals surface area contributed by atoms with Gasteiger partial charge in [0.2, 0.25) is 0 Å². The molecule has 0 spiro atoms. The Bertz CT molecular complexity index is 294. The van der Waals surface area contributed by atoms with E-state index in [2.05, 4.69) is 12.1 Å². The molecule has 3 nitrogen and oxygen atoms in total. The molecule has 0 aliphatic heterocycles. The Balaban J connectivity index is 2.26. The first-order valence-corrected chi connectivity index (χ1v) is 14.9. The van der Waals surface area contributed by atoms with Gasteiger partial charge in [0.1, 0.15) is 0 Å². The molecule has 72 valence electrons. The van der Waals surface area contributed by atoms with Gasteiger partial charge < -0.3 is 0 Å². The third kappa shape index (κ3) is 4.44. The third-order valence-corrected chi connectivity index (χ3v) is 13.7. The van der Waals surface area contributed by atoms with Crippen LogP contribution in [0.1, 0.15) is 0 Å². The van der Waals surface area contributed by atoms with Crippen LogP contribution >= 0.6 is 8.24 Å². The number of aliphatic carboxylic acids is 1. The van der Waals surface area contributed by atoms with Crippen LogP contribution in [0, 0.1) is 0 Å². The van der Waals surface area contributed by atoms with Gasteiger partial charge in [-0.2, -0.15) is 0 Å². The summed E-state index contributed by atoms with van der Waals surface area (Å²) in [5.41, 5.74) is 5.40. The van der Waals surface area contributed by atoms with Crippen LogP contribution in [0.25, 0.3) is 0 Å². The summed E-state index contributed by atoms with van der Waals surface area (Å²) < 4.78 is 1.41. The summed E-state index contributed by atoms with van der Waals surface area (Å²) in [6, 6.07) is 9.55. The second-order valence-electron chi connectivity index (χ2n) is 2.95. The zero-order valence-electron chi connectivity index (χ0n) is 7.72. The first-order chi connectivity index (χ1) is 6.70. The van der Waals surface area contributed by atoms with Gasteiger partial charge in [-0.3, -0.25) is 0 Å². The van der Waals surface area contributed by atoms with E-state index in [1.54, 1.807) is 8.24 Å². The molecule has 0 aliphatic rings. The van der Waals surface area contributed by atoms with Crippen LogP contribution in [0.4, 0.5) is 0 Å². The molecule has 1 aromatic carbocycles. The fourth-order valence-electron chi connectivity index (χ4n) is 0.949. The average molecular weight is 398 g/mol. The van der Waals surface area contributed by atoms with Crippen LogP contribution < -0.4 is 8.81 Å². The van der Waals surface area contributed by atoms with Crippen LogP contribution in [-0.2, 0) is 27.9 Å². The van der Waals surface area contributed by atoms with E-state index in [1.165, 1.54) is 3.07 Å². The average Bonchev–Trinajstić information content (AvgIpc) is 2.19. The molecule has 1 rings (SSSR count).